The Hall–Kier alpha value is -2.77. The maximum Gasteiger partial charge on any atom is 0.573 e. The van der Waals surface area contributed by atoms with E-state index in [1.807, 2.05) is 0 Å². The van der Waals surface area contributed by atoms with Gasteiger partial charge in [-0.25, -0.2) is 9.18 Å². The zero-order chi connectivity index (χ0) is 16.2. The minimum absolute atomic E-state index is 0.0166. The van der Waals surface area contributed by atoms with Crippen LogP contribution >= 0.6 is 0 Å². The fourth-order valence-electron chi connectivity index (χ4n) is 1.59. The van der Waals surface area contributed by atoms with Crippen LogP contribution in [-0.2, 0) is 0 Å². The lowest BCUT2D eigenvalue weighted by molar-refractivity contribution is -0.274. The zero-order valence-corrected chi connectivity index (χ0v) is 10.9. The first-order valence-corrected chi connectivity index (χ1v) is 6.02. The molecule has 0 spiro atoms. The Bertz CT molecular complexity index is 657. The third-order valence-electron chi connectivity index (χ3n) is 2.47. The van der Waals surface area contributed by atoms with Crippen LogP contribution in [0.1, 0.15) is 0 Å². The van der Waals surface area contributed by atoms with Crippen LogP contribution in [0.15, 0.2) is 48.5 Å². The summed E-state index contributed by atoms with van der Waals surface area (Å²) in [6, 6.07) is 9.38. The van der Waals surface area contributed by atoms with Crippen LogP contribution < -0.4 is 15.4 Å². The standard InChI is InChI=1S/C14H10F4N2O2/c15-11-3-1-2-4-12(11)20-13(21)19-9-5-7-10(8-6-9)22-14(16,17)18/h1-8H,(H2,19,20,21). The van der Waals surface area contributed by atoms with E-state index in [1.54, 1.807) is 6.07 Å². The van der Waals surface area contributed by atoms with Crippen molar-refractivity contribution in [1.29, 1.82) is 0 Å². The molecule has 22 heavy (non-hydrogen) atoms. The predicted octanol–water partition coefficient (Wildman–Crippen LogP) is 4.37. The lowest BCUT2D eigenvalue weighted by Gasteiger charge is -2.10. The SMILES string of the molecule is O=C(Nc1ccc(OC(F)(F)F)cc1)Nc1ccccc1F. The monoisotopic (exact) mass is 314 g/mol. The Balaban J connectivity index is 1.96. The smallest absolute Gasteiger partial charge is 0.406 e. The molecule has 0 aliphatic rings. The van der Waals surface area contributed by atoms with Gasteiger partial charge in [0, 0.05) is 5.69 Å². The van der Waals surface area contributed by atoms with Crippen LogP contribution in [0.25, 0.3) is 0 Å². The van der Waals surface area contributed by atoms with Crippen molar-refractivity contribution in [2.45, 2.75) is 6.36 Å². The number of hydrogen-bond acceptors (Lipinski definition) is 2. The molecule has 0 radical (unpaired) electrons. The highest BCUT2D eigenvalue weighted by atomic mass is 19.4. The number of nitrogens with one attached hydrogen (secondary N) is 2. The normalized spacial score (nSPS) is 10.9. The molecular formula is C14H10F4N2O2. The highest BCUT2D eigenvalue weighted by molar-refractivity contribution is 5.99. The summed E-state index contributed by atoms with van der Waals surface area (Å²) in [6.07, 6.45) is -4.78. The molecule has 2 aromatic rings. The highest BCUT2D eigenvalue weighted by Gasteiger charge is 2.30. The molecule has 0 aromatic heterocycles. The molecule has 116 valence electrons. The van der Waals surface area contributed by atoms with E-state index in [0.717, 1.165) is 12.1 Å². The van der Waals surface area contributed by atoms with Gasteiger partial charge in [-0.15, -0.1) is 13.2 Å². The second-order valence-electron chi connectivity index (χ2n) is 4.13. The van der Waals surface area contributed by atoms with Gasteiger partial charge in [0.15, 0.2) is 0 Å². The van der Waals surface area contributed by atoms with Crippen molar-refractivity contribution in [1.82, 2.24) is 0 Å². The Morgan fingerprint density at radius 3 is 2.18 bits per heavy atom. The van der Waals surface area contributed by atoms with E-state index in [4.69, 9.17) is 0 Å². The van der Waals surface area contributed by atoms with E-state index >= 15 is 0 Å². The van der Waals surface area contributed by atoms with Gasteiger partial charge >= 0.3 is 12.4 Å². The largest absolute Gasteiger partial charge is 0.573 e. The minimum atomic E-state index is -4.78. The molecule has 8 heteroatoms. The van der Waals surface area contributed by atoms with Crippen molar-refractivity contribution >= 4 is 17.4 Å². The lowest BCUT2D eigenvalue weighted by Crippen LogP contribution is -2.20. The number of para-hydroxylation sites is 1. The number of hydrogen-bond donors (Lipinski definition) is 2. The van der Waals surface area contributed by atoms with E-state index in [2.05, 4.69) is 15.4 Å². The van der Waals surface area contributed by atoms with Gasteiger partial charge in [0.05, 0.1) is 5.69 Å². The summed E-state index contributed by atoms with van der Waals surface area (Å²) in [4.78, 5) is 11.6. The van der Waals surface area contributed by atoms with Gasteiger partial charge in [-0.05, 0) is 36.4 Å². The van der Waals surface area contributed by atoms with Crippen LogP contribution in [0.4, 0.5) is 33.7 Å². The summed E-state index contributed by atoms with van der Waals surface area (Å²) in [5.41, 5.74) is 0.209. The van der Waals surface area contributed by atoms with Crippen molar-refractivity contribution in [3.63, 3.8) is 0 Å². The van der Waals surface area contributed by atoms with Gasteiger partial charge < -0.3 is 15.4 Å². The predicted molar refractivity (Wildman–Crippen MR) is 72.2 cm³/mol. The van der Waals surface area contributed by atoms with E-state index < -0.39 is 24.0 Å². The van der Waals surface area contributed by atoms with E-state index in [1.165, 1.54) is 30.3 Å². The molecule has 2 N–H and O–H groups in total. The summed E-state index contributed by atoms with van der Waals surface area (Å²) in [6.45, 7) is 0. The first kappa shape index (κ1) is 15.6. The fourth-order valence-corrected chi connectivity index (χ4v) is 1.59. The Morgan fingerprint density at radius 2 is 1.59 bits per heavy atom. The molecule has 0 aliphatic heterocycles. The molecule has 0 saturated carbocycles. The van der Waals surface area contributed by atoms with Crippen molar-refractivity contribution in [2.24, 2.45) is 0 Å². The second kappa shape index (κ2) is 6.33. The van der Waals surface area contributed by atoms with Crippen molar-refractivity contribution in [2.75, 3.05) is 10.6 Å². The van der Waals surface area contributed by atoms with Gasteiger partial charge in [-0.3, -0.25) is 0 Å². The number of halogens is 4. The number of amides is 2. The Kier molecular flexibility index (Phi) is 4.50. The molecule has 0 unspecified atom stereocenters. The van der Waals surface area contributed by atoms with Crippen molar-refractivity contribution in [3.05, 3.63) is 54.3 Å². The maximum absolute atomic E-state index is 13.3. The number of urea groups is 1. The van der Waals surface area contributed by atoms with Gasteiger partial charge in [-0.1, -0.05) is 12.1 Å². The molecular weight excluding hydrogens is 304 g/mol. The number of rotatable bonds is 3. The topological polar surface area (TPSA) is 50.4 Å². The molecule has 4 nitrogen and oxygen atoms in total. The third-order valence-corrected chi connectivity index (χ3v) is 2.47. The number of alkyl halides is 3. The highest BCUT2D eigenvalue weighted by Crippen LogP contribution is 2.24. The van der Waals surface area contributed by atoms with Gasteiger partial charge in [-0.2, -0.15) is 0 Å². The molecule has 0 aliphatic carbocycles. The first-order chi connectivity index (χ1) is 10.3. The number of carbonyl (C=O) groups excluding carboxylic acids is 1. The molecule has 0 heterocycles. The van der Waals surface area contributed by atoms with Crippen molar-refractivity contribution in [3.8, 4) is 5.75 Å². The molecule has 0 bridgehead atoms. The van der Waals surface area contributed by atoms with E-state index in [9.17, 15) is 22.4 Å². The molecule has 2 rings (SSSR count). The third kappa shape index (κ3) is 4.65. The average Bonchev–Trinajstić information content (AvgIpc) is 2.42. The number of ether oxygens (including phenoxy) is 1. The van der Waals surface area contributed by atoms with E-state index in [0.29, 0.717) is 0 Å². The molecule has 0 atom stereocenters. The maximum atomic E-state index is 13.3. The first-order valence-electron chi connectivity index (χ1n) is 6.02. The van der Waals surface area contributed by atoms with Gasteiger partial charge in [0.2, 0.25) is 0 Å². The second-order valence-corrected chi connectivity index (χ2v) is 4.13. The summed E-state index contributed by atoms with van der Waals surface area (Å²) in [5.74, 6) is -1.01. The quantitative estimate of drug-likeness (QED) is 0.827. The minimum Gasteiger partial charge on any atom is -0.406 e. The molecule has 2 aromatic carbocycles. The fraction of sp³-hybridized carbons (Fsp3) is 0.0714. The van der Waals surface area contributed by atoms with Crippen LogP contribution in [0.5, 0.6) is 5.75 Å². The summed E-state index contributed by atoms with van der Waals surface area (Å²) in [7, 11) is 0. The Labute approximate surface area is 122 Å². The number of anilines is 2. The summed E-state index contributed by atoms with van der Waals surface area (Å²) >= 11 is 0. The van der Waals surface area contributed by atoms with Crippen molar-refractivity contribution < 1.29 is 27.1 Å². The average molecular weight is 314 g/mol. The lowest BCUT2D eigenvalue weighted by atomic mass is 10.3. The van der Waals surface area contributed by atoms with Gasteiger partial charge in [0.1, 0.15) is 11.6 Å². The number of carbonyl (C=O) groups is 1. The van der Waals surface area contributed by atoms with Crippen LogP contribution in [0.3, 0.4) is 0 Å². The summed E-state index contributed by atoms with van der Waals surface area (Å²) in [5, 5.41) is 4.63. The molecule has 0 fully saturated rings. The zero-order valence-electron chi connectivity index (χ0n) is 10.9. The molecule has 2 amide bonds. The van der Waals surface area contributed by atoms with Crippen LogP contribution in [0.2, 0.25) is 0 Å². The Morgan fingerprint density at radius 1 is 0.955 bits per heavy atom. The van der Waals surface area contributed by atoms with Crippen LogP contribution in [-0.4, -0.2) is 12.4 Å². The summed E-state index contributed by atoms with van der Waals surface area (Å²) < 4.78 is 53.0. The number of benzene rings is 2. The molecule has 0 saturated heterocycles. The van der Waals surface area contributed by atoms with Gasteiger partial charge in [0.25, 0.3) is 0 Å². The van der Waals surface area contributed by atoms with E-state index in [-0.39, 0.29) is 11.4 Å². The van der Waals surface area contributed by atoms with Crippen LogP contribution in [0, 0.1) is 5.82 Å².